The molecule has 1 aromatic carbocycles. The summed E-state index contributed by atoms with van der Waals surface area (Å²) in [5, 5.41) is 19.7. The maximum atomic E-state index is 12.7. The fourth-order valence-electron chi connectivity index (χ4n) is 4.20. The number of nitrogens with zero attached hydrogens (tertiary/aromatic N) is 1. The average molecular weight is 446 g/mol. The Kier molecular flexibility index (Phi) is 8.23. The summed E-state index contributed by atoms with van der Waals surface area (Å²) >= 11 is 1.18. The molecule has 1 aromatic heterocycles. The molecular weight excluding hydrogens is 414 g/mol. The third kappa shape index (κ3) is 5.53. The molecule has 3 rings (SSSR count). The number of carboxylic acid groups (broad SMARTS) is 1. The first-order valence-electron chi connectivity index (χ1n) is 10.9. The first kappa shape index (κ1) is 23.4. The van der Waals surface area contributed by atoms with Crippen LogP contribution < -0.4 is 4.90 Å². The summed E-state index contributed by atoms with van der Waals surface area (Å²) in [5.41, 5.74) is 1.63. The van der Waals surface area contributed by atoms with Gasteiger partial charge >= 0.3 is 5.97 Å². The van der Waals surface area contributed by atoms with Gasteiger partial charge in [0.15, 0.2) is 0 Å². The van der Waals surface area contributed by atoms with Gasteiger partial charge < -0.3 is 19.8 Å². The molecule has 1 aliphatic rings. The van der Waals surface area contributed by atoms with Gasteiger partial charge in [-0.15, -0.1) is 11.3 Å². The van der Waals surface area contributed by atoms with Crippen molar-refractivity contribution in [3.8, 4) is 0 Å². The molecule has 2 aromatic rings. The Balaban J connectivity index is 1.74. The highest BCUT2D eigenvalue weighted by Gasteiger charge is 2.39. The number of carbonyl (C=O) groups is 2. The third-order valence-electron chi connectivity index (χ3n) is 5.86. The predicted octanol–water partition coefficient (Wildman–Crippen LogP) is 5.33. The lowest BCUT2D eigenvalue weighted by Crippen LogP contribution is -2.37. The van der Waals surface area contributed by atoms with Gasteiger partial charge in [0, 0.05) is 24.1 Å². The summed E-state index contributed by atoms with van der Waals surface area (Å²) in [4.78, 5) is 26.8. The van der Waals surface area contributed by atoms with E-state index in [4.69, 9.17) is 4.74 Å². The van der Waals surface area contributed by atoms with Gasteiger partial charge in [0.2, 0.25) is 5.91 Å². The largest absolute Gasteiger partial charge is 0.477 e. The van der Waals surface area contributed by atoms with Crippen LogP contribution in [0.15, 0.2) is 36.4 Å². The highest BCUT2D eigenvalue weighted by Crippen LogP contribution is 2.38. The number of thiophene rings is 1. The quantitative estimate of drug-likeness (QED) is 0.456. The summed E-state index contributed by atoms with van der Waals surface area (Å²) in [7, 11) is 1.59. The van der Waals surface area contributed by atoms with Crippen molar-refractivity contribution in [2.75, 3.05) is 12.0 Å². The van der Waals surface area contributed by atoms with E-state index in [0.29, 0.717) is 12.8 Å². The smallest absolute Gasteiger partial charge is 0.345 e. The second kappa shape index (κ2) is 10.9. The number of carbonyl (C=O) groups excluding carboxylic acids is 1. The number of hydrogen-bond acceptors (Lipinski definition) is 5. The highest BCUT2D eigenvalue weighted by molar-refractivity contribution is 7.14. The van der Waals surface area contributed by atoms with Crippen LogP contribution >= 0.6 is 11.3 Å². The van der Waals surface area contributed by atoms with Crippen molar-refractivity contribution in [2.24, 2.45) is 0 Å². The zero-order chi connectivity index (χ0) is 22.4. The number of methoxy groups -OCH3 is 1. The van der Waals surface area contributed by atoms with Crippen molar-refractivity contribution in [1.29, 1.82) is 0 Å². The number of unbranched alkanes of at least 4 members (excludes halogenated alkanes) is 3. The number of aromatic carboxylic acids is 1. The molecule has 1 amide bonds. The molecule has 2 heterocycles. The van der Waals surface area contributed by atoms with Crippen molar-refractivity contribution in [3.05, 3.63) is 51.7 Å². The van der Waals surface area contributed by atoms with Gasteiger partial charge in [0.25, 0.3) is 0 Å². The van der Waals surface area contributed by atoms with E-state index in [1.165, 1.54) is 24.2 Å². The molecule has 1 aliphatic heterocycles. The molecular formula is C24H31NO5S. The third-order valence-corrected chi connectivity index (χ3v) is 7.00. The molecule has 6 nitrogen and oxygen atoms in total. The lowest BCUT2D eigenvalue weighted by atomic mass is 10.0. The minimum atomic E-state index is -0.964. The van der Waals surface area contributed by atoms with Crippen molar-refractivity contribution >= 4 is 28.9 Å². The first-order chi connectivity index (χ1) is 15.0. The summed E-state index contributed by atoms with van der Waals surface area (Å²) < 4.78 is 5.72. The van der Waals surface area contributed by atoms with Crippen LogP contribution in [-0.4, -0.2) is 35.2 Å². The van der Waals surface area contributed by atoms with Gasteiger partial charge in [-0.1, -0.05) is 44.7 Å². The zero-order valence-electron chi connectivity index (χ0n) is 18.1. The van der Waals surface area contributed by atoms with Gasteiger partial charge in [0.1, 0.15) is 11.0 Å². The summed E-state index contributed by atoms with van der Waals surface area (Å²) in [6.45, 7) is 2.17. The molecule has 0 aliphatic carbocycles. The van der Waals surface area contributed by atoms with Crippen LogP contribution in [0.4, 0.5) is 5.69 Å². The van der Waals surface area contributed by atoms with Gasteiger partial charge in [-0.05, 0) is 42.7 Å². The average Bonchev–Trinajstić information content (AvgIpc) is 3.40. The molecule has 168 valence electrons. The number of amides is 1. The van der Waals surface area contributed by atoms with Crippen molar-refractivity contribution in [1.82, 2.24) is 0 Å². The first-order valence-corrected chi connectivity index (χ1v) is 11.7. The van der Waals surface area contributed by atoms with Crippen LogP contribution in [0.25, 0.3) is 0 Å². The Hall–Kier alpha value is -2.22. The Morgan fingerprint density at radius 1 is 1.19 bits per heavy atom. The van der Waals surface area contributed by atoms with Gasteiger partial charge in [0.05, 0.1) is 12.1 Å². The fourth-order valence-corrected chi connectivity index (χ4v) is 5.18. The van der Waals surface area contributed by atoms with Crippen molar-refractivity contribution in [2.45, 2.75) is 70.1 Å². The number of hydrogen-bond donors (Lipinski definition) is 2. The van der Waals surface area contributed by atoms with Crippen molar-refractivity contribution in [3.63, 3.8) is 0 Å². The molecule has 3 atom stereocenters. The summed E-state index contributed by atoms with van der Waals surface area (Å²) in [6.07, 6.45) is 5.38. The van der Waals surface area contributed by atoms with Crippen LogP contribution in [0.5, 0.6) is 0 Å². The van der Waals surface area contributed by atoms with E-state index < -0.39 is 18.2 Å². The minimum absolute atomic E-state index is 0.0231. The molecule has 31 heavy (non-hydrogen) atoms. The standard InChI is InChI=1S/C24H31NO5S/c1-3-4-5-6-7-19(26)16-8-10-17(11-9-16)25-18(12-15-22(25)27)23(30-2)20-13-14-21(31-20)24(28)29/h8-11,13-14,18-19,23,26H,3-7,12,15H2,1-2H3,(H,28,29)/t18?,19?,23-/m0/s1. The Morgan fingerprint density at radius 2 is 1.94 bits per heavy atom. The number of carboxylic acids is 1. The van der Waals surface area contributed by atoms with Crippen molar-refractivity contribution < 1.29 is 24.5 Å². The van der Waals surface area contributed by atoms with Crippen LogP contribution in [0.3, 0.4) is 0 Å². The Labute approximate surface area is 187 Å². The Morgan fingerprint density at radius 3 is 2.55 bits per heavy atom. The topological polar surface area (TPSA) is 87.1 Å². The maximum Gasteiger partial charge on any atom is 0.345 e. The molecule has 2 N–H and O–H groups in total. The van der Waals surface area contributed by atoms with E-state index in [-0.39, 0.29) is 16.8 Å². The minimum Gasteiger partial charge on any atom is -0.477 e. The van der Waals surface area contributed by atoms with Gasteiger partial charge in [-0.3, -0.25) is 4.79 Å². The number of aliphatic hydroxyl groups excluding tert-OH is 1. The van der Waals surface area contributed by atoms with Crippen LogP contribution in [0, 0.1) is 0 Å². The van der Waals surface area contributed by atoms with Crippen LogP contribution in [0.1, 0.15) is 84.2 Å². The summed E-state index contributed by atoms with van der Waals surface area (Å²) in [6, 6.07) is 10.7. The second-order valence-electron chi connectivity index (χ2n) is 7.99. The number of anilines is 1. The lowest BCUT2D eigenvalue weighted by Gasteiger charge is -2.30. The normalized spacial score (nSPS) is 18.4. The van der Waals surface area contributed by atoms with Crippen LogP contribution in [-0.2, 0) is 9.53 Å². The molecule has 0 saturated carbocycles. The lowest BCUT2D eigenvalue weighted by molar-refractivity contribution is -0.117. The van der Waals surface area contributed by atoms with E-state index in [1.54, 1.807) is 24.1 Å². The molecule has 1 saturated heterocycles. The molecule has 2 unspecified atom stereocenters. The monoisotopic (exact) mass is 445 g/mol. The van der Waals surface area contributed by atoms with E-state index >= 15 is 0 Å². The molecule has 0 spiro atoms. The molecule has 7 heteroatoms. The van der Waals surface area contributed by atoms with E-state index in [1.807, 2.05) is 24.3 Å². The molecule has 1 fully saturated rings. The molecule has 0 bridgehead atoms. The van der Waals surface area contributed by atoms with E-state index in [0.717, 1.165) is 35.4 Å². The highest BCUT2D eigenvalue weighted by atomic mass is 32.1. The SMILES string of the molecule is CCCCCCC(O)c1ccc(N2C(=O)CCC2[C@H](OC)c2ccc(C(=O)O)s2)cc1. The maximum absolute atomic E-state index is 12.7. The predicted molar refractivity (Wildman–Crippen MR) is 122 cm³/mol. The summed E-state index contributed by atoms with van der Waals surface area (Å²) in [5.74, 6) is -0.941. The zero-order valence-corrected chi connectivity index (χ0v) is 18.9. The number of rotatable bonds is 11. The fraction of sp³-hybridized carbons (Fsp3) is 0.500. The number of ether oxygens (including phenoxy) is 1. The van der Waals surface area contributed by atoms with E-state index in [2.05, 4.69) is 6.92 Å². The number of benzene rings is 1. The van der Waals surface area contributed by atoms with Gasteiger partial charge in [-0.2, -0.15) is 0 Å². The second-order valence-corrected chi connectivity index (χ2v) is 9.11. The van der Waals surface area contributed by atoms with Crippen LogP contribution in [0.2, 0.25) is 0 Å². The number of aliphatic hydroxyl groups is 1. The Bertz CT molecular complexity index is 878. The molecule has 0 radical (unpaired) electrons. The van der Waals surface area contributed by atoms with Gasteiger partial charge in [-0.25, -0.2) is 4.79 Å². The van der Waals surface area contributed by atoms with E-state index in [9.17, 15) is 19.8 Å².